The largest absolute Gasteiger partial charge is 0.573 e. The van der Waals surface area contributed by atoms with Crippen LogP contribution >= 0.6 is 15.9 Å². The summed E-state index contributed by atoms with van der Waals surface area (Å²) in [5.74, 6) is 5.24. The third-order valence-corrected chi connectivity index (χ3v) is 2.85. The molecule has 4 N–H and O–H groups in total. The van der Waals surface area contributed by atoms with Crippen LogP contribution in [0.5, 0.6) is 5.75 Å². The van der Waals surface area contributed by atoms with Gasteiger partial charge in [0.1, 0.15) is 5.82 Å². The third kappa shape index (κ3) is 4.50. The summed E-state index contributed by atoms with van der Waals surface area (Å²) in [7, 11) is 0. The molecule has 1 heterocycles. The van der Waals surface area contributed by atoms with E-state index in [0.717, 1.165) is 0 Å². The molecule has 0 saturated carbocycles. The van der Waals surface area contributed by atoms with Crippen LogP contribution in [0.2, 0.25) is 0 Å². The molecule has 0 spiro atoms. The van der Waals surface area contributed by atoms with Gasteiger partial charge in [-0.3, -0.25) is 0 Å². The van der Waals surface area contributed by atoms with Gasteiger partial charge < -0.3 is 15.5 Å². The molecule has 21 heavy (non-hydrogen) atoms. The van der Waals surface area contributed by atoms with Gasteiger partial charge in [0, 0.05) is 22.4 Å². The van der Waals surface area contributed by atoms with Crippen molar-refractivity contribution < 1.29 is 17.9 Å². The van der Waals surface area contributed by atoms with Gasteiger partial charge in [-0.25, -0.2) is 10.8 Å². The molecule has 1 aromatic carbocycles. The van der Waals surface area contributed by atoms with Gasteiger partial charge in [0.25, 0.3) is 0 Å². The molecule has 0 unspecified atom stereocenters. The Balaban J connectivity index is 2.30. The van der Waals surface area contributed by atoms with Gasteiger partial charge in [0.05, 0.1) is 5.69 Å². The molecule has 5 nitrogen and oxygen atoms in total. The second-order valence-corrected chi connectivity index (χ2v) is 4.80. The van der Waals surface area contributed by atoms with Crippen molar-refractivity contribution in [3.05, 3.63) is 41.0 Å². The molecule has 2 rings (SSSR count). The van der Waals surface area contributed by atoms with Gasteiger partial charge in [-0.2, -0.15) is 0 Å². The van der Waals surface area contributed by atoms with Crippen LogP contribution in [0, 0.1) is 0 Å². The van der Waals surface area contributed by atoms with Crippen LogP contribution in [0.3, 0.4) is 0 Å². The number of alkyl halides is 3. The fraction of sp³-hybridized carbons (Fsp3) is 0.0833. The molecule has 0 radical (unpaired) electrons. The molecule has 0 aliphatic heterocycles. The number of hydrazine groups is 1. The zero-order valence-electron chi connectivity index (χ0n) is 10.4. The molecule has 112 valence electrons. The van der Waals surface area contributed by atoms with Gasteiger partial charge >= 0.3 is 6.36 Å². The zero-order valence-corrected chi connectivity index (χ0v) is 12.0. The minimum Gasteiger partial charge on any atom is -0.404 e. The van der Waals surface area contributed by atoms with Crippen molar-refractivity contribution >= 4 is 33.1 Å². The van der Waals surface area contributed by atoms with E-state index in [1.165, 1.54) is 18.3 Å². The average molecular weight is 363 g/mol. The minimum atomic E-state index is -4.78. The SMILES string of the molecule is NNc1cc(Nc2ccc(Br)cc2OC(F)(F)F)ccn1. The highest BCUT2D eigenvalue weighted by Gasteiger charge is 2.32. The van der Waals surface area contributed by atoms with Gasteiger partial charge in [-0.15, -0.1) is 13.2 Å². The lowest BCUT2D eigenvalue weighted by Gasteiger charge is -2.15. The van der Waals surface area contributed by atoms with E-state index in [0.29, 0.717) is 16.0 Å². The van der Waals surface area contributed by atoms with Gasteiger partial charge in [0.2, 0.25) is 0 Å². The molecule has 1 aromatic heterocycles. The van der Waals surface area contributed by atoms with E-state index in [-0.39, 0.29) is 11.4 Å². The Kier molecular flexibility index (Phi) is 4.53. The quantitative estimate of drug-likeness (QED) is 0.570. The van der Waals surface area contributed by atoms with E-state index in [9.17, 15) is 13.2 Å². The third-order valence-electron chi connectivity index (χ3n) is 2.36. The lowest BCUT2D eigenvalue weighted by molar-refractivity contribution is -0.274. The number of ether oxygens (including phenoxy) is 1. The number of nitrogen functional groups attached to an aromatic ring is 1. The molecule has 0 bridgehead atoms. The number of halogens is 4. The summed E-state index contributed by atoms with van der Waals surface area (Å²) in [6.45, 7) is 0. The number of hydrogen-bond donors (Lipinski definition) is 3. The number of aromatic nitrogens is 1. The molecule has 0 aliphatic rings. The molecular formula is C12H10BrF3N4O. The molecule has 0 saturated heterocycles. The van der Waals surface area contributed by atoms with E-state index in [4.69, 9.17) is 5.84 Å². The Morgan fingerprint density at radius 3 is 2.62 bits per heavy atom. The number of pyridine rings is 1. The molecule has 9 heteroatoms. The normalized spacial score (nSPS) is 11.1. The van der Waals surface area contributed by atoms with E-state index in [2.05, 4.69) is 36.4 Å². The highest BCUT2D eigenvalue weighted by Crippen LogP contribution is 2.34. The second kappa shape index (κ2) is 6.19. The first-order valence-electron chi connectivity index (χ1n) is 5.62. The summed E-state index contributed by atoms with van der Waals surface area (Å²) in [4.78, 5) is 3.90. The zero-order chi connectivity index (χ0) is 15.5. The maximum Gasteiger partial charge on any atom is 0.573 e. The fourth-order valence-corrected chi connectivity index (χ4v) is 1.89. The molecule has 2 aromatic rings. The Hall–Kier alpha value is -2.00. The number of nitrogens with two attached hydrogens (primary N) is 1. The molecule has 0 aliphatic carbocycles. The summed E-state index contributed by atoms with van der Waals surface area (Å²) in [5, 5.41) is 2.82. The monoisotopic (exact) mass is 362 g/mol. The smallest absolute Gasteiger partial charge is 0.404 e. The summed E-state index contributed by atoms with van der Waals surface area (Å²) in [6, 6.07) is 7.40. The Labute approximate surface area is 126 Å². The number of benzene rings is 1. The maximum absolute atomic E-state index is 12.4. The summed E-state index contributed by atoms with van der Waals surface area (Å²) >= 11 is 3.10. The molecular weight excluding hydrogens is 353 g/mol. The summed E-state index contributed by atoms with van der Waals surface area (Å²) in [6.07, 6.45) is -3.32. The van der Waals surface area contributed by atoms with E-state index in [1.54, 1.807) is 18.2 Å². The van der Waals surface area contributed by atoms with Crippen molar-refractivity contribution in [2.75, 3.05) is 10.7 Å². The first kappa shape index (κ1) is 15.4. The summed E-state index contributed by atoms with van der Waals surface area (Å²) < 4.78 is 41.7. The highest BCUT2D eigenvalue weighted by molar-refractivity contribution is 9.10. The van der Waals surface area contributed by atoms with Gasteiger partial charge in [-0.1, -0.05) is 15.9 Å². The summed E-state index contributed by atoms with van der Waals surface area (Å²) in [5.41, 5.74) is 3.01. The van der Waals surface area contributed by atoms with Crippen molar-refractivity contribution in [2.45, 2.75) is 6.36 Å². The van der Waals surface area contributed by atoms with Crippen molar-refractivity contribution in [3.8, 4) is 5.75 Å². The topological polar surface area (TPSA) is 72.2 Å². The van der Waals surface area contributed by atoms with Crippen LogP contribution in [0.25, 0.3) is 0 Å². The predicted octanol–water partition coefficient (Wildman–Crippen LogP) is 3.77. The maximum atomic E-state index is 12.4. The molecule has 0 fully saturated rings. The standard InChI is InChI=1S/C12H10BrF3N4O/c13-7-1-2-9(10(5-7)21-12(14,15)16)19-8-3-4-18-11(6-8)20-17/h1-6H,17H2,(H2,18,19,20). The van der Waals surface area contributed by atoms with Crippen LogP contribution in [-0.4, -0.2) is 11.3 Å². The molecule has 0 atom stereocenters. The number of anilines is 3. The average Bonchev–Trinajstić information content (AvgIpc) is 2.40. The first-order chi connectivity index (χ1) is 9.87. The van der Waals surface area contributed by atoms with E-state index < -0.39 is 6.36 Å². The Morgan fingerprint density at radius 1 is 1.19 bits per heavy atom. The van der Waals surface area contributed by atoms with Crippen molar-refractivity contribution in [1.29, 1.82) is 0 Å². The van der Waals surface area contributed by atoms with Crippen LogP contribution in [0.4, 0.5) is 30.4 Å². The van der Waals surface area contributed by atoms with Crippen LogP contribution in [0.1, 0.15) is 0 Å². The van der Waals surface area contributed by atoms with Crippen molar-refractivity contribution in [2.24, 2.45) is 5.84 Å². The first-order valence-corrected chi connectivity index (χ1v) is 6.42. The van der Waals surface area contributed by atoms with Crippen LogP contribution < -0.4 is 21.3 Å². The van der Waals surface area contributed by atoms with Gasteiger partial charge in [0.15, 0.2) is 5.75 Å². The van der Waals surface area contributed by atoms with Crippen molar-refractivity contribution in [3.63, 3.8) is 0 Å². The highest BCUT2D eigenvalue weighted by atomic mass is 79.9. The Morgan fingerprint density at radius 2 is 1.95 bits per heavy atom. The Bertz CT molecular complexity index is 636. The molecule has 0 amide bonds. The van der Waals surface area contributed by atoms with Crippen molar-refractivity contribution in [1.82, 2.24) is 4.98 Å². The number of rotatable bonds is 4. The number of nitrogens with zero attached hydrogens (tertiary/aromatic N) is 1. The number of hydrogen-bond acceptors (Lipinski definition) is 5. The minimum absolute atomic E-state index is 0.157. The predicted molar refractivity (Wildman–Crippen MR) is 76.2 cm³/mol. The lowest BCUT2D eigenvalue weighted by Crippen LogP contribution is -2.18. The second-order valence-electron chi connectivity index (χ2n) is 3.89. The van der Waals surface area contributed by atoms with E-state index >= 15 is 0 Å². The fourth-order valence-electron chi connectivity index (χ4n) is 1.55. The van der Waals surface area contributed by atoms with Crippen LogP contribution in [0.15, 0.2) is 41.0 Å². The van der Waals surface area contributed by atoms with E-state index in [1.807, 2.05) is 0 Å². The number of nitrogens with one attached hydrogen (secondary N) is 2. The van der Waals surface area contributed by atoms with Gasteiger partial charge in [-0.05, 0) is 24.3 Å². The lowest BCUT2D eigenvalue weighted by atomic mass is 10.2. The van der Waals surface area contributed by atoms with Crippen LogP contribution in [-0.2, 0) is 0 Å².